The van der Waals surface area contributed by atoms with Crippen molar-refractivity contribution in [3.8, 4) is 0 Å². The summed E-state index contributed by atoms with van der Waals surface area (Å²) in [6, 6.07) is 8.23. The SMILES string of the molecule is CC(C)(C)OC(=O)NC(Cc1cccn1Cc1ccccn1)C(=O)O. The molecule has 0 aliphatic rings. The van der Waals surface area contributed by atoms with Crippen LogP contribution in [-0.4, -0.2) is 38.4 Å². The largest absolute Gasteiger partial charge is 0.480 e. The molecule has 1 amide bonds. The highest BCUT2D eigenvalue weighted by atomic mass is 16.6. The first-order chi connectivity index (χ1) is 11.7. The third kappa shape index (κ3) is 5.95. The molecule has 0 saturated carbocycles. The molecule has 0 aromatic carbocycles. The molecule has 2 aromatic rings. The van der Waals surface area contributed by atoms with Gasteiger partial charge in [0.15, 0.2) is 0 Å². The number of pyridine rings is 1. The molecule has 0 saturated heterocycles. The summed E-state index contributed by atoms with van der Waals surface area (Å²) >= 11 is 0. The minimum absolute atomic E-state index is 0.147. The summed E-state index contributed by atoms with van der Waals surface area (Å²) < 4.78 is 7.05. The Morgan fingerprint density at radius 1 is 1.28 bits per heavy atom. The van der Waals surface area contributed by atoms with Gasteiger partial charge in [0.05, 0.1) is 12.2 Å². The summed E-state index contributed by atoms with van der Waals surface area (Å²) in [7, 11) is 0. The molecule has 1 unspecified atom stereocenters. The molecule has 1 atom stereocenters. The Bertz CT molecular complexity index is 719. The van der Waals surface area contributed by atoms with Crippen molar-refractivity contribution in [2.45, 2.75) is 45.4 Å². The monoisotopic (exact) mass is 345 g/mol. The Hall–Kier alpha value is -2.83. The number of ether oxygens (including phenoxy) is 1. The Labute approximate surface area is 146 Å². The van der Waals surface area contributed by atoms with Crippen LogP contribution in [0.1, 0.15) is 32.2 Å². The average Bonchev–Trinajstić information content (AvgIpc) is 2.92. The normalized spacial score (nSPS) is 12.4. The quantitative estimate of drug-likeness (QED) is 0.839. The fourth-order valence-electron chi connectivity index (χ4n) is 2.31. The van der Waals surface area contributed by atoms with Crippen molar-refractivity contribution in [2.24, 2.45) is 0 Å². The van der Waals surface area contributed by atoms with Gasteiger partial charge in [0, 0.05) is 24.5 Å². The lowest BCUT2D eigenvalue weighted by atomic mass is 10.1. The maximum absolute atomic E-state index is 11.9. The zero-order valence-electron chi connectivity index (χ0n) is 14.6. The van der Waals surface area contributed by atoms with Gasteiger partial charge in [-0.2, -0.15) is 0 Å². The van der Waals surface area contributed by atoms with Crippen molar-refractivity contribution in [1.82, 2.24) is 14.9 Å². The van der Waals surface area contributed by atoms with Gasteiger partial charge in [0.2, 0.25) is 0 Å². The first-order valence-electron chi connectivity index (χ1n) is 8.01. The van der Waals surface area contributed by atoms with E-state index in [1.54, 1.807) is 27.0 Å². The molecule has 2 heterocycles. The van der Waals surface area contributed by atoms with Crippen LogP contribution in [0.4, 0.5) is 4.79 Å². The Balaban J connectivity index is 2.06. The predicted octanol–water partition coefficient (Wildman–Crippen LogP) is 2.45. The third-order valence-corrected chi connectivity index (χ3v) is 3.38. The molecule has 0 radical (unpaired) electrons. The Morgan fingerprint density at radius 2 is 2.04 bits per heavy atom. The van der Waals surface area contributed by atoms with E-state index in [2.05, 4.69) is 10.3 Å². The van der Waals surface area contributed by atoms with Gasteiger partial charge in [0.1, 0.15) is 11.6 Å². The molecule has 0 fully saturated rings. The lowest BCUT2D eigenvalue weighted by Gasteiger charge is -2.22. The molecule has 2 aromatic heterocycles. The zero-order valence-corrected chi connectivity index (χ0v) is 14.6. The van der Waals surface area contributed by atoms with Crippen LogP contribution in [0.15, 0.2) is 42.7 Å². The number of hydrogen-bond donors (Lipinski definition) is 2. The summed E-state index contributed by atoms with van der Waals surface area (Å²) in [5.41, 5.74) is 0.966. The van der Waals surface area contributed by atoms with E-state index in [0.717, 1.165) is 11.4 Å². The Kier molecular flexibility index (Phi) is 5.80. The van der Waals surface area contributed by atoms with Crippen LogP contribution in [0.5, 0.6) is 0 Å². The van der Waals surface area contributed by atoms with Gasteiger partial charge in [-0.1, -0.05) is 6.07 Å². The zero-order chi connectivity index (χ0) is 18.4. The van der Waals surface area contributed by atoms with E-state index in [9.17, 15) is 14.7 Å². The van der Waals surface area contributed by atoms with Crippen molar-refractivity contribution in [2.75, 3.05) is 0 Å². The number of carboxylic acid groups (broad SMARTS) is 1. The molecule has 25 heavy (non-hydrogen) atoms. The molecule has 0 bridgehead atoms. The number of rotatable bonds is 6. The van der Waals surface area contributed by atoms with Gasteiger partial charge in [0.25, 0.3) is 0 Å². The fourth-order valence-corrected chi connectivity index (χ4v) is 2.31. The second-order valence-electron chi connectivity index (χ2n) is 6.69. The van der Waals surface area contributed by atoms with E-state index in [1.807, 2.05) is 41.1 Å². The molecular weight excluding hydrogens is 322 g/mol. The number of carboxylic acids is 1. The van der Waals surface area contributed by atoms with Crippen molar-refractivity contribution >= 4 is 12.1 Å². The molecule has 0 spiro atoms. The number of aliphatic carboxylic acids is 1. The number of aromatic nitrogens is 2. The summed E-state index contributed by atoms with van der Waals surface area (Å²) in [6.45, 7) is 5.70. The summed E-state index contributed by atoms with van der Waals surface area (Å²) in [5.74, 6) is -1.11. The predicted molar refractivity (Wildman–Crippen MR) is 92.3 cm³/mol. The van der Waals surface area contributed by atoms with Gasteiger partial charge < -0.3 is 19.7 Å². The van der Waals surface area contributed by atoms with E-state index in [-0.39, 0.29) is 6.42 Å². The molecule has 7 nitrogen and oxygen atoms in total. The standard InChI is InChI=1S/C18H23N3O4/c1-18(2,3)25-17(24)20-15(16(22)23)11-14-8-6-10-21(14)12-13-7-4-5-9-19-13/h4-10,15H,11-12H2,1-3H3,(H,20,24)(H,22,23). The minimum atomic E-state index is -1.11. The minimum Gasteiger partial charge on any atom is -0.480 e. The smallest absolute Gasteiger partial charge is 0.408 e. The van der Waals surface area contributed by atoms with Crippen molar-refractivity contribution in [3.63, 3.8) is 0 Å². The number of carbonyl (C=O) groups excluding carboxylic acids is 1. The Morgan fingerprint density at radius 3 is 2.64 bits per heavy atom. The number of alkyl carbamates (subject to hydrolysis) is 1. The van der Waals surface area contributed by atoms with Crippen LogP contribution in [0.2, 0.25) is 0 Å². The van der Waals surface area contributed by atoms with Gasteiger partial charge >= 0.3 is 12.1 Å². The number of amides is 1. The molecule has 7 heteroatoms. The van der Waals surface area contributed by atoms with Gasteiger partial charge in [-0.05, 0) is 45.0 Å². The van der Waals surface area contributed by atoms with Crippen molar-refractivity contribution in [1.29, 1.82) is 0 Å². The third-order valence-electron chi connectivity index (χ3n) is 3.38. The van der Waals surface area contributed by atoms with Crippen LogP contribution in [-0.2, 0) is 22.5 Å². The summed E-state index contributed by atoms with van der Waals surface area (Å²) in [4.78, 5) is 27.6. The van der Waals surface area contributed by atoms with E-state index in [4.69, 9.17) is 4.74 Å². The first-order valence-corrected chi connectivity index (χ1v) is 8.01. The maximum atomic E-state index is 11.9. The van der Waals surface area contributed by atoms with E-state index in [0.29, 0.717) is 6.54 Å². The molecule has 0 aliphatic heterocycles. The van der Waals surface area contributed by atoms with Crippen LogP contribution < -0.4 is 5.32 Å². The highest BCUT2D eigenvalue weighted by molar-refractivity contribution is 5.80. The highest BCUT2D eigenvalue weighted by Gasteiger charge is 2.25. The number of carbonyl (C=O) groups is 2. The summed E-state index contributed by atoms with van der Waals surface area (Å²) in [5, 5.41) is 11.8. The maximum Gasteiger partial charge on any atom is 0.408 e. The van der Waals surface area contributed by atoms with E-state index < -0.39 is 23.7 Å². The van der Waals surface area contributed by atoms with Crippen LogP contribution in [0.25, 0.3) is 0 Å². The number of nitrogens with one attached hydrogen (secondary N) is 1. The topological polar surface area (TPSA) is 93.5 Å². The number of nitrogens with zero attached hydrogens (tertiary/aromatic N) is 2. The molecule has 134 valence electrons. The van der Waals surface area contributed by atoms with Gasteiger partial charge in [-0.25, -0.2) is 9.59 Å². The lowest BCUT2D eigenvalue weighted by molar-refractivity contribution is -0.139. The lowest BCUT2D eigenvalue weighted by Crippen LogP contribution is -2.45. The average molecular weight is 345 g/mol. The second kappa shape index (κ2) is 7.83. The van der Waals surface area contributed by atoms with Crippen LogP contribution in [0.3, 0.4) is 0 Å². The van der Waals surface area contributed by atoms with Crippen molar-refractivity contribution in [3.05, 3.63) is 54.1 Å². The molecule has 2 rings (SSSR count). The molecule has 0 aliphatic carbocycles. The highest BCUT2D eigenvalue weighted by Crippen LogP contribution is 2.11. The van der Waals surface area contributed by atoms with Crippen LogP contribution in [0, 0.1) is 0 Å². The number of hydrogen-bond acceptors (Lipinski definition) is 4. The first kappa shape index (κ1) is 18.5. The molecular formula is C18H23N3O4. The molecule has 2 N–H and O–H groups in total. The van der Waals surface area contributed by atoms with Crippen LogP contribution >= 0.6 is 0 Å². The van der Waals surface area contributed by atoms with Crippen molar-refractivity contribution < 1.29 is 19.4 Å². The van der Waals surface area contributed by atoms with E-state index in [1.165, 1.54) is 0 Å². The summed E-state index contributed by atoms with van der Waals surface area (Å²) in [6.07, 6.45) is 2.97. The van der Waals surface area contributed by atoms with Gasteiger partial charge in [-0.3, -0.25) is 4.98 Å². The van der Waals surface area contributed by atoms with Gasteiger partial charge in [-0.15, -0.1) is 0 Å². The van der Waals surface area contributed by atoms with E-state index >= 15 is 0 Å². The fraction of sp³-hybridized carbons (Fsp3) is 0.389. The second-order valence-corrected chi connectivity index (χ2v) is 6.69.